The predicted molar refractivity (Wildman–Crippen MR) is 97.4 cm³/mol. The summed E-state index contributed by atoms with van der Waals surface area (Å²) >= 11 is 11.4. The number of benzene rings is 2. The van der Waals surface area contributed by atoms with Gasteiger partial charge in [0.2, 0.25) is 0 Å². The summed E-state index contributed by atoms with van der Waals surface area (Å²) in [6.45, 7) is 0. The van der Waals surface area contributed by atoms with Crippen LogP contribution in [0, 0.1) is 0 Å². The highest BCUT2D eigenvalue weighted by atomic mass is 35.5. The Morgan fingerprint density at radius 3 is 2.22 bits per heavy atom. The smallest absolute Gasteiger partial charge is 0.175 e. The van der Waals surface area contributed by atoms with Crippen LogP contribution in [0.15, 0.2) is 36.4 Å². The predicted octanol–water partition coefficient (Wildman–Crippen LogP) is 4.17. The lowest BCUT2D eigenvalue weighted by molar-refractivity contribution is 0.405. The second-order valence-electron chi connectivity index (χ2n) is 4.49. The number of ether oxygens (including phenoxy) is 3. The molecule has 0 saturated carbocycles. The summed E-state index contributed by atoms with van der Waals surface area (Å²) in [7, 11) is 4.75. The second-order valence-corrected chi connectivity index (χ2v) is 5.31. The number of nitrogens with one attached hydrogen (secondary N) is 2. The molecule has 5 nitrogen and oxygen atoms in total. The average Bonchev–Trinajstić information content (AvgIpc) is 2.54. The van der Waals surface area contributed by atoms with E-state index in [9.17, 15) is 0 Å². The fraction of sp³-hybridized carbons (Fsp3) is 0.188. The van der Waals surface area contributed by atoms with Gasteiger partial charge in [-0.3, -0.25) is 0 Å². The lowest BCUT2D eigenvalue weighted by atomic mass is 10.2. The quantitative estimate of drug-likeness (QED) is 0.787. The third-order valence-electron chi connectivity index (χ3n) is 3.06. The van der Waals surface area contributed by atoms with Crippen molar-refractivity contribution in [1.82, 2.24) is 0 Å². The van der Waals surface area contributed by atoms with Crippen LogP contribution >= 0.6 is 23.8 Å². The molecular weight excluding hydrogens is 336 g/mol. The van der Waals surface area contributed by atoms with Crippen LogP contribution in [0.2, 0.25) is 5.02 Å². The molecule has 7 heteroatoms. The Morgan fingerprint density at radius 2 is 1.61 bits per heavy atom. The number of methoxy groups -OCH3 is 3. The van der Waals surface area contributed by atoms with Crippen molar-refractivity contribution in [3.05, 3.63) is 41.4 Å². The third kappa shape index (κ3) is 4.40. The number of anilines is 2. The van der Waals surface area contributed by atoms with Gasteiger partial charge in [-0.1, -0.05) is 11.6 Å². The van der Waals surface area contributed by atoms with Crippen LogP contribution in [0.4, 0.5) is 11.4 Å². The number of hydrogen-bond acceptors (Lipinski definition) is 4. The van der Waals surface area contributed by atoms with E-state index in [1.165, 1.54) is 0 Å². The minimum Gasteiger partial charge on any atom is -0.497 e. The summed E-state index contributed by atoms with van der Waals surface area (Å²) in [6, 6.07) is 10.7. The molecule has 0 unspecified atom stereocenters. The molecule has 0 heterocycles. The normalized spacial score (nSPS) is 9.91. The highest BCUT2D eigenvalue weighted by Gasteiger charge is 2.08. The van der Waals surface area contributed by atoms with Gasteiger partial charge in [-0.25, -0.2) is 0 Å². The minimum absolute atomic E-state index is 0.401. The number of thiocarbonyl (C=S) groups is 1. The van der Waals surface area contributed by atoms with E-state index in [4.69, 9.17) is 38.0 Å². The van der Waals surface area contributed by atoms with Crippen molar-refractivity contribution in [1.29, 1.82) is 0 Å². The van der Waals surface area contributed by atoms with Crippen LogP contribution < -0.4 is 24.8 Å². The Kier molecular flexibility index (Phi) is 5.90. The summed E-state index contributed by atoms with van der Waals surface area (Å²) in [4.78, 5) is 0. The van der Waals surface area contributed by atoms with Crippen molar-refractivity contribution < 1.29 is 14.2 Å². The van der Waals surface area contributed by atoms with Crippen molar-refractivity contribution in [2.75, 3.05) is 32.0 Å². The highest BCUT2D eigenvalue weighted by Crippen LogP contribution is 2.30. The van der Waals surface area contributed by atoms with Gasteiger partial charge < -0.3 is 24.8 Å². The molecule has 0 aliphatic rings. The summed E-state index contributed by atoms with van der Waals surface area (Å²) in [6.07, 6.45) is 0. The molecule has 0 radical (unpaired) electrons. The maximum Gasteiger partial charge on any atom is 0.175 e. The summed E-state index contributed by atoms with van der Waals surface area (Å²) in [5.41, 5.74) is 1.44. The van der Waals surface area contributed by atoms with E-state index >= 15 is 0 Å². The number of halogens is 1. The van der Waals surface area contributed by atoms with Gasteiger partial charge in [-0.05, 0) is 42.5 Å². The van der Waals surface area contributed by atoms with E-state index in [1.54, 1.807) is 45.6 Å². The monoisotopic (exact) mass is 352 g/mol. The minimum atomic E-state index is 0.401. The zero-order chi connectivity index (χ0) is 16.8. The van der Waals surface area contributed by atoms with Crippen LogP contribution in [-0.2, 0) is 0 Å². The van der Waals surface area contributed by atoms with Crippen LogP contribution in [0.5, 0.6) is 17.2 Å². The molecule has 0 spiro atoms. The van der Waals surface area contributed by atoms with Crippen LogP contribution in [-0.4, -0.2) is 26.4 Å². The molecular formula is C16H17ClN2O3S. The Morgan fingerprint density at radius 1 is 0.913 bits per heavy atom. The molecule has 2 N–H and O–H groups in total. The average molecular weight is 353 g/mol. The molecule has 2 rings (SSSR count). The van der Waals surface area contributed by atoms with Crippen molar-refractivity contribution in [2.45, 2.75) is 0 Å². The zero-order valence-electron chi connectivity index (χ0n) is 13.0. The fourth-order valence-corrected chi connectivity index (χ4v) is 2.43. The van der Waals surface area contributed by atoms with Crippen LogP contribution in [0.25, 0.3) is 0 Å². The Labute approximate surface area is 145 Å². The molecule has 0 bridgehead atoms. The lowest BCUT2D eigenvalue weighted by Crippen LogP contribution is -2.19. The van der Waals surface area contributed by atoms with Gasteiger partial charge in [0.15, 0.2) is 5.11 Å². The van der Waals surface area contributed by atoms with Crippen molar-refractivity contribution in [3.63, 3.8) is 0 Å². The third-order valence-corrected chi connectivity index (χ3v) is 3.56. The van der Waals surface area contributed by atoms with Gasteiger partial charge in [0, 0.05) is 11.8 Å². The van der Waals surface area contributed by atoms with Crippen molar-refractivity contribution >= 4 is 40.3 Å². The summed E-state index contributed by atoms with van der Waals surface area (Å²) in [5, 5.41) is 7.03. The standard InChI is InChI=1S/C16H17ClN2O3S/c1-20-11-5-7-15(22-3)13(9-11)19-16(23)18-10-4-6-14(21-2)12(17)8-10/h4-9H,1-3H3,(H2,18,19,23). The first-order valence-corrected chi connectivity index (χ1v) is 7.49. The van der Waals surface area contributed by atoms with Crippen LogP contribution in [0.1, 0.15) is 0 Å². The maximum absolute atomic E-state index is 6.10. The van der Waals surface area contributed by atoms with E-state index in [-0.39, 0.29) is 0 Å². The van der Waals surface area contributed by atoms with Crippen molar-refractivity contribution in [3.8, 4) is 17.2 Å². The first-order valence-electron chi connectivity index (χ1n) is 6.71. The molecule has 23 heavy (non-hydrogen) atoms. The molecule has 2 aromatic rings. The molecule has 0 atom stereocenters. The van der Waals surface area contributed by atoms with Gasteiger partial charge in [-0.2, -0.15) is 0 Å². The van der Waals surface area contributed by atoms with E-state index in [0.29, 0.717) is 33.1 Å². The maximum atomic E-state index is 6.10. The molecule has 0 aliphatic heterocycles. The molecule has 0 aromatic heterocycles. The topological polar surface area (TPSA) is 51.8 Å². The molecule has 0 amide bonds. The SMILES string of the molecule is COc1ccc(OC)c(NC(=S)Nc2ccc(OC)c(Cl)c2)c1. The summed E-state index contributed by atoms with van der Waals surface area (Å²) in [5.74, 6) is 1.96. The number of hydrogen-bond donors (Lipinski definition) is 2. The Bertz CT molecular complexity index is 710. The first kappa shape index (κ1) is 17.2. The highest BCUT2D eigenvalue weighted by molar-refractivity contribution is 7.80. The van der Waals surface area contributed by atoms with E-state index in [1.807, 2.05) is 12.1 Å². The largest absolute Gasteiger partial charge is 0.497 e. The fourth-order valence-electron chi connectivity index (χ4n) is 1.94. The van der Waals surface area contributed by atoms with Gasteiger partial charge >= 0.3 is 0 Å². The van der Waals surface area contributed by atoms with E-state index < -0.39 is 0 Å². The van der Waals surface area contributed by atoms with Gasteiger partial charge in [0.1, 0.15) is 17.2 Å². The Hall–Kier alpha value is -2.18. The number of rotatable bonds is 5. The zero-order valence-corrected chi connectivity index (χ0v) is 14.5. The van der Waals surface area contributed by atoms with Crippen LogP contribution in [0.3, 0.4) is 0 Å². The molecule has 122 valence electrons. The van der Waals surface area contributed by atoms with Gasteiger partial charge in [0.05, 0.1) is 32.0 Å². The Balaban J connectivity index is 2.11. The molecule has 0 fully saturated rings. The molecule has 0 saturated heterocycles. The molecule has 0 aliphatic carbocycles. The second kappa shape index (κ2) is 7.89. The van der Waals surface area contributed by atoms with Crippen molar-refractivity contribution in [2.24, 2.45) is 0 Å². The lowest BCUT2D eigenvalue weighted by Gasteiger charge is -2.15. The van der Waals surface area contributed by atoms with E-state index in [2.05, 4.69) is 10.6 Å². The van der Waals surface area contributed by atoms with Gasteiger partial charge in [0.25, 0.3) is 0 Å². The summed E-state index contributed by atoms with van der Waals surface area (Å²) < 4.78 is 15.6. The first-order chi connectivity index (χ1) is 11.1. The van der Waals surface area contributed by atoms with Gasteiger partial charge in [-0.15, -0.1) is 0 Å². The van der Waals surface area contributed by atoms with E-state index in [0.717, 1.165) is 5.69 Å². The molecule has 2 aromatic carbocycles.